The fraction of sp³-hybridized carbons (Fsp3) is 0.0857. The van der Waals surface area contributed by atoms with Crippen molar-refractivity contribution in [1.29, 1.82) is 0 Å². The average molecular weight is 501 g/mol. The van der Waals surface area contributed by atoms with Crippen molar-refractivity contribution in [3.63, 3.8) is 0 Å². The molecular weight excluding hydrogens is 473 g/mol. The van der Waals surface area contributed by atoms with Crippen molar-refractivity contribution in [1.82, 2.24) is 9.13 Å². The van der Waals surface area contributed by atoms with Gasteiger partial charge in [0.1, 0.15) is 0 Å². The first-order chi connectivity index (χ1) is 19.1. The van der Waals surface area contributed by atoms with Crippen molar-refractivity contribution >= 4 is 67.8 Å². The van der Waals surface area contributed by atoms with Gasteiger partial charge in [0.15, 0.2) is 0 Å². The Morgan fingerprint density at radius 3 is 2.33 bits per heavy atom. The van der Waals surface area contributed by atoms with E-state index >= 15 is 0 Å². The van der Waals surface area contributed by atoms with Gasteiger partial charge in [-0.2, -0.15) is 0 Å². The van der Waals surface area contributed by atoms with Gasteiger partial charge in [-0.1, -0.05) is 73.3 Å². The Bertz CT molecular complexity index is 2020. The van der Waals surface area contributed by atoms with E-state index in [2.05, 4.69) is 138 Å². The molecule has 0 aliphatic carbocycles. The predicted molar refractivity (Wildman–Crippen MR) is 168 cm³/mol. The normalized spacial score (nSPS) is 13.7. The van der Waals surface area contributed by atoms with Gasteiger partial charge in [-0.05, 0) is 73.7 Å². The summed E-state index contributed by atoms with van der Waals surface area (Å²) in [5, 5.41) is 2.60. The molecule has 4 heterocycles. The molecule has 0 atom stereocenters. The minimum atomic E-state index is 0.0941. The van der Waals surface area contributed by atoms with Gasteiger partial charge in [-0.25, -0.2) is 0 Å². The predicted octanol–water partition coefficient (Wildman–Crippen LogP) is 6.86. The number of para-hydroxylation sites is 3. The summed E-state index contributed by atoms with van der Waals surface area (Å²) in [5.74, 6) is 0. The molecule has 3 nitrogen and oxygen atoms in total. The first-order valence-electron chi connectivity index (χ1n) is 13.6. The molecule has 0 amide bonds. The van der Waals surface area contributed by atoms with Crippen molar-refractivity contribution in [2.45, 2.75) is 20.8 Å². The molecule has 0 radical (unpaired) electrons. The van der Waals surface area contributed by atoms with Crippen LogP contribution in [0.3, 0.4) is 0 Å². The van der Waals surface area contributed by atoms with Crippen molar-refractivity contribution < 1.29 is 0 Å². The van der Waals surface area contributed by atoms with Crippen LogP contribution in [-0.2, 0) is 0 Å². The molecule has 0 N–H and O–H groups in total. The van der Waals surface area contributed by atoms with Crippen LogP contribution in [0.2, 0.25) is 0 Å². The molecule has 0 bridgehead atoms. The van der Waals surface area contributed by atoms with Gasteiger partial charge in [0.2, 0.25) is 0 Å². The quantitative estimate of drug-likeness (QED) is 0.190. The highest BCUT2D eigenvalue weighted by Crippen LogP contribution is 2.44. The lowest BCUT2D eigenvalue weighted by Crippen LogP contribution is -2.62. The Morgan fingerprint density at radius 1 is 0.795 bits per heavy atom. The maximum Gasteiger partial charge on any atom is 0.273 e. The number of allylic oxidation sites excluding steroid dienone is 3. The zero-order chi connectivity index (χ0) is 26.4. The Kier molecular flexibility index (Phi) is 4.52. The number of hydrogen-bond donors (Lipinski definition) is 0. The third-order valence-electron chi connectivity index (χ3n) is 8.82. The van der Waals surface area contributed by atoms with Crippen LogP contribution in [-0.4, -0.2) is 15.8 Å². The highest BCUT2D eigenvalue weighted by atomic mass is 15.2. The van der Waals surface area contributed by atoms with E-state index in [1.807, 2.05) is 6.08 Å². The van der Waals surface area contributed by atoms with E-state index in [9.17, 15) is 0 Å². The molecular formula is C35H28BN3. The highest BCUT2D eigenvalue weighted by molar-refractivity contribution is 7.00. The van der Waals surface area contributed by atoms with Crippen LogP contribution in [0.15, 0.2) is 110 Å². The van der Waals surface area contributed by atoms with Gasteiger partial charge in [-0.3, -0.25) is 0 Å². The maximum atomic E-state index is 4.04. The maximum absolute atomic E-state index is 4.04. The van der Waals surface area contributed by atoms with Crippen molar-refractivity contribution in [3.8, 4) is 5.69 Å². The Labute approximate surface area is 229 Å². The summed E-state index contributed by atoms with van der Waals surface area (Å²) in [6.07, 6.45) is 4.02. The number of fused-ring (bicyclic) bond motifs is 6. The minimum absolute atomic E-state index is 0.0941. The van der Waals surface area contributed by atoms with Crippen LogP contribution >= 0.6 is 0 Å². The monoisotopic (exact) mass is 501 g/mol. The second-order valence-corrected chi connectivity index (χ2v) is 10.7. The van der Waals surface area contributed by atoms with Crippen molar-refractivity contribution in [2.75, 3.05) is 4.90 Å². The van der Waals surface area contributed by atoms with Crippen LogP contribution < -0.4 is 21.4 Å². The summed E-state index contributed by atoms with van der Waals surface area (Å²) in [7, 11) is 0. The molecule has 2 aliphatic rings. The number of aryl methyl sites for hydroxylation is 1. The smallest absolute Gasteiger partial charge is 0.273 e. The van der Waals surface area contributed by atoms with E-state index in [1.165, 1.54) is 72.3 Å². The topological polar surface area (TPSA) is 13.1 Å². The van der Waals surface area contributed by atoms with E-state index in [1.54, 1.807) is 0 Å². The summed E-state index contributed by atoms with van der Waals surface area (Å²) in [4.78, 5) is 2.49. The summed E-state index contributed by atoms with van der Waals surface area (Å²) in [5.41, 5.74) is 15.4. The number of nitrogens with zero attached hydrogens (tertiary/aromatic N) is 3. The molecule has 0 saturated carbocycles. The Balaban J connectivity index is 1.63. The highest BCUT2D eigenvalue weighted by Gasteiger charge is 2.45. The molecule has 2 aliphatic heterocycles. The molecule has 0 unspecified atom stereocenters. The van der Waals surface area contributed by atoms with Crippen LogP contribution in [0.25, 0.3) is 33.2 Å². The van der Waals surface area contributed by atoms with Gasteiger partial charge in [-0.15, -0.1) is 0 Å². The van der Waals surface area contributed by atoms with E-state index in [0.717, 1.165) is 5.70 Å². The fourth-order valence-corrected chi connectivity index (χ4v) is 7.18. The summed E-state index contributed by atoms with van der Waals surface area (Å²) >= 11 is 0. The molecule has 186 valence electrons. The van der Waals surface area contributed by atoms with Crippen LogP contribution in [0.1, 0.15) is 18.2 Å². The first-order valence-corrected chi connectivity index (χ1v) is 13.6. The SMILES string of the molecule is C=C/C=C(\C)n1c2c(c3ccccc31)N(c1ccccc1)c1cccc3c1B2c1cccc2c(C)c(C)n-3c12. The molecule has 6 aromatic rings. The Hall–Kier alpha value is -4.70. The lowest BCUT2D eigenvalue weighted by atomic mass is 9.35. The van der Waals surface area contributed by atoms with Gasteiger partial charge in [0, 0.05) is 50.3 Å². The van der Waals surface area contributed by atoms with Crippen LogP contribution in [0, 0.1) is 13.8 Å². The van der Waals surface area contributed by atoms with E-state index in [4.69, 9.17) is 0 Å². The van der Waals surface area contributed by atoms with Crippen LogP contribution in [0.5, 0.6) is 0 Å². The summed E-state index contributed by atoms with van der Waals surface area (Å²) in [6, 6.07) is 33.4. The van der Waals surface area contributed by atoms with Gasteiger partial charge in [0.25, 0.3) is 6.71 Å². The van der Waals surface area contributed by atoms with E-state index in [0.29, 0.717) is 0 Å². The number of hydrogen-bond acceptors (Lipinski definition) is 1. The molecule has 39 heavy (non-hydrogen) atoms. The second-order valence-electron chi connectivity index (χ2n) is 10.7. The number of anilines is 3. The summed E-state index contributed by atoms with van der Waals surface area (Å²) < 4.78 is 4.98. The summed E-state index contributed by atoms with van der Waals surface area (Å²) in [6.45, 7) is 10.8. The minimum Gasteiger partial charge on any atom is -0.323 e. The molecule has 4 heteroatoms. The molecule has 0 fully saturated rings. The fourth-order valence-electron chi connectivity index (χ4n) is 7.18. The van der Waals surface area contributed by atoms with E-state index in [-0.39, 0.29) is 6.71 Å². The third kappa shape index (κ3) is 2.73. The lowest BCUT2D eigenvalue weighted by molar-refractivity contribution is 1.04. The molecule has 0 saturated heterocycles. The third-order valence-corrected chi connectivity index (χ3v) is 8.82. The molecule has 4 aromatic carbocycles. The molecule has 0 spiro atoms. The zero-order valence-corrected chi connectivity index (χ0v) is 22.4. The van der Waals surface area contributed by atoms with Gasteiger partial charge < -0.3 is 14.0 Å². The van der Waals surface area contributed by atoms with Gasteiger partial charge >= 0.3 is 0 Å². The average Bonchev–Trinajstić information content (AvgIpc) is 3.44. The van der Waals surface area contributed by atoms with Crippen LogP contribution in [0.4, 0.5) is 17.1 Å². The van der Waals surface area contributed by atoms with Gasteiger partial charge in [0.05, 0.1) is 11.2 Å². The largest absolute Gasteiger partial charge is 0.323 e. The Morgan fingerprint density at radius 2 is 1.51 bits per heavy atom. The lowest BCUT2D eigenvalue weighted by Gasteiger charge is -2.39. The first kappa shape index (κ1) is 22.3. The zero-order valence-electron chi connectivity index (χ0n) is 22.4. The second kappa shape index (κ2) is 7.91. The standard InChI is InChI=1S/C35H28BN3/c1-5-13-22(2)37-29-19-10-9-16-27(29)34-35(37)36-28-18-11-17-26-23(3)24(4)38(33(26)28)30-20-12-21-31(32(30)36)39(34)25-14-7-6-8-15-25/h5-21H,1H2,2-4H3/b22-13+. The molecule has 8 rings (SSSR count). The number of aromatic nitrogens is 2. The number of rotatable bonds is 3. The van der Waals surface area contributed by atoms with Crippen molar-refractivity contribution in [2.24, 2.45) is 0 Å². The molecule has 2 aromatic heterocycles. The number of benzene rings is 4. The van der Waals surface area contributed by atoms with E-state index < -0.39 is 0 Å². The van der Waals surface area contributed by atoms with Crippen molar-refractivity contribution in [3.05, 3.63) is 121 Å².